The minimum absolute atomic E-state index is 0.145. The number of hydrogen-bond donors (Lipinski definition) is 3. The smallest absolute Gasteiger partial charge is 0.308 e. The van der Waals surface area contributed by atoms with E-state index in [-0.39, 0.29) is 12.0 Å². The fourth-order valence-corrected chi connectivity index (χ4v) is 7.34. The van der Waals surface area contributed by atoms with Gasteiger partial charge in [0.1, 0.15) is 16.5 Å². The van der Waals surface area contributed by atoms with E-state index < -0.39 is 11.9 Å². The van der Waals surface area contributed by atoms with Gasteiger partial charge in [0.2, 0.25) is 0 Å². The van der Waals surface area contributed by atoms with Crippen LogP contribution in [0.4, 0.5) is 5.82 Å². The Morgan fingerprint density at radius 1 is 1.08 bits per heavy atom. The molecule has 0 aromatic carbocycles. The summed E-state index contributed by atoms with van der Waals surface area (Å²) in [6.07, 6.45) is 9.91. The van der Waals surface area contributed by atoms with E-state index in [2.05, 4.69) is 32.4 Å². The Morgan fingerprint density at radius 2 is 1.89 bits per heavy atom. The molecule has 4 aliphatic rings. The Bertz CT molecular complexity index is 1470. The van der Waals surface area contributed by atoms with E-state index in [0.717, 1.165) is 36.3 Å². The predicted molar refractivity (Wildman–Crippen MR) is 139 cm³/mol. The maximum absolute atomic E-state index is 12.2. The second kappa shape index (κ2) is 8.52. The molecule has 0 spiro atoms. The number of nitrogens with zero attached hydrogens (tertiary/aromatic N) is 4. The van der Waals surface area contributed by atoms with Gasteiger partial charge in [0, 0.05) is 23.2 Å². The summed E-state index contributed by atoms with van der Waals surface area (Å²) >= 11 is 7.92. The Morgan fingerprint density at radius 3 is 2.67 bits per heavy atom. The van der Waals surface area contributed by atoms with Crippen molar-refractivity contribution in [3.05, 3.63) is 40.6 Å². The highest BCUT2D eigenvalue weighted by atomic mass is 35.5. The lowest BCUT2D eigenvalue weighted by atomic mass is 9.61. The number of carboxylic acid groups (broad SMARTS) is 1. The number of rotatable bonds is 6. The van der Waals surface area contributed by atoms with E-state index in [0.29, 0.717) is 45.4 Å². The van der Waals surface area contributed by atoms with Crippen molar-refractivity contribution < 1.29 is 9.90 Å². The maximum Gasteiger partial charge on any atom is 0.308 e. The first-order valence-electron chi connectivity index (χ1n) is 12.5. The molecule has 0 radical (unpaired) electrons. The number of fused-ring (bicyclic) bond motifs is 4. The van der Waals surface area contributed by atoms with Crippen molar-refractivity contribution in [2.75, 3.05) is 5.32 Å². The molecule has 0 amide bonds. The molecule has 36 heavy (non-hydrogen) atoms. The van der Waals surface area contributed by atoms with Crippen LogP contribution in [-0.4, -0.2) is 42.0 Å². The number of aromatic nitrogens is 5. The third-order valence-corrected chi connectivity index (χ3v) is 9.45. The molecule has 8 nitrogen and oxygen atoms in total. The molecule has 10 heteroatoms. The third-order valence-electron chi connectivity index (χ3n) is 8.00. The van der Waals surface area contributed by atoms with Gasteiger partial charge < -0.3 is 15.4 Å². The lowest BCUT2D eigenvalue weighted by Crippen LogP contribution is -2.51. The number of aromatic amines is 1. The van der Waals surface area contributed by atoms with Gasteiger partial charge >= 0.3 is 5.97 Å². The van der Waals surface area contributed by atoms with Crippen molar-refractivity contribution in [2.45, 2.75) is 50.5 Å². The van der Waals surface area contributed by atoms with Crippen LogP contribution in [0.1, 0.15) is 49.3 Å². The van der Waals surface area contributed by atoms with Crippen LogP contribution < -0.4 is 5.32 Å². The summed E-state index contributed by atoms with van der Waals surface area (Å²) in [5.74, 6) is 1.25. The normalized spacial score (nSPS) is 25.4. The number of aliphatic carboxylic acids is 1. The van der Waals surface area contributed by atoms with Crippen LogP contribution in [0.5, 0.6) is 0 Å². The molecule has 0 saturated heterocycles. The fraction of sp³-hybridized carbons (Fsp3) is 0.423. The lowest BCUT2D eigenvalue weighted by molar-refractivity contribution is -0.148. The average Bonchev–Trinajstić information content (AvgIpc) is 3.46. The van der Waals surface area contributed by atoms with Crippen molar-refractivity contribution in [3.63, 3.8) is 0 Å². The summed E-state index contributed by atoms with van der Waals surface area (Å²) in [5, 5.41) is 13.9. The van der Waals surface area contributed by atoms with Crippen molar-refractivity contribution in [1.29, 1.82) is 0 Å². The third kappa shape index (κ3) is 3.85. The number of carboxylic acids is 1. The van der Waals surface area contributed by atoms with Gasteiger partial charge in [0.05, 0.1) is 28.2 Å². The Balaban J connectivity index is 1.32. The summed E-state index contributed by atoms with van der Waals surface area (Å²) in [6, 6.07) is 6.14. The first-order valence-corrected chi connectivity index (χ1v) is 13.7. The summed E-state index contributed by atoms with van der Waals surface area (Å²) in [5.41, 5.74) is 2.75. The number of hydrogen-bond acceptors (Lipinski definition) is 7. The van der Waals surface area contributed by atoms with Gasteiger partial charge in [0.15, 0.2) is 11.5 Å². The number of anilines is 1. The molecule has 2 bridgehead atoms. The summed E-state index contributed by atoms with van der Waals surface area (Å²) < 4.78 is 0. The van der Waals surface area contributed by atoms with Crippen LogP contribution in [0.3, 0.4) is 0 Å². The van der Waals surface area contributed by atoms with Crippen LogP contribution in [-0.2, 0) is 4.79 Å². The molecule has 4 aromatic heterocycles. The molecule has 4 aliphatic carbocycles. The van der Waals surface area contributed by atoms with Crippen molar-refractivity contribution in [2.24, 2.45) is 17.8 Å². The van der Waals surface area contributed by atoms with E-state index >= 15 is 0 Å². The topological polar surface area (TPSA) is 117 Å². The highest BCUT2D eigenvalue weighted by Gasteiger charge is 2.47. The molecule has 4 heterocycles. The highest BCUT2D eigenvalue weighted by molar-refractivity contribution is 7.15. The molecular formula is C26H25ClN6O2S. The summed E-state index contributed by atoms with van der Waals surface area (Å²) in [4.78, 5) is 36.4. The van der Waals surface area contributed by atoms with Gasteiger partial charge in [-0.25, -0.2) is 19.9 Å². The monoisotopic (exact) mass is 520 g/mol. The van der Waals surface area contributed by atoms with Crippen LogP contribution in [0.15, 0.2) is 30.6 Å². The zero-order chi connectivity index (χ0) is 24.4. The van der Waals surface area contributed by atoms with E-state index in [1.807, 2.05) is 6.07 Å². The van der Waals surface area contributed by atoms with Crippen LogP contribution in [0.2, 0.25) is 5.15 Å². The van der Waals surface area contributed by atoms with Gasteiger partial charge in [-0.15, -0.1) is 11.3 Å². The van der Waals surface area contributed by atoms with Gasteiger partial charge in [0.25, 0.3) is 0 Å². The zero-order valence-corrected chi connectivity index (χ0v) is 21.0. The van der Waals surface area contributed by atoms with Gasteiger partial charge in [-0.1, -0.05) is 11.6 Å². The van der Waals surface area contributed by atoms with Gasteiger partial charge in [-0.3, -0.25) is 4.79 Å². The van der Waals surface area contributed by atoms with Crippen LogP contribution in [0, 0.1) is 17.8 Å². The van der Waals surface area contributed by atoms with Gasteiger partial charge in [-0.05, 0) is 68.4 Å². The fourth-order valence-electron chi connectivity index (χ4n) is 6.07. The number of halogens is 1. The van der Waals surface area contributed by atoms with E-state index in [9.17, 15) is 9.90 Å². The maximum atomic E-state index is 12.2. The molecule has 8 rings (SSSR count). The molecular weight excluding hydrogens is 496 g/mol. The van der Waals surface area contributed by atoms with Crippen molar-refractivity contribution >= 4 is 45.9 Å². The number of carbonyl (C=O) groups is 1. The molecule has 3 N–H and O–H groups in total. The Kier molecular flexibility index (Phi) is 5.25. The molecule has 4 saturated carbocycles. The average molecular weight is 521 g/mol. The zero-order valence-electron chi connectivity index (χ0n) is 19.4. The number of H-pyrrole nitrogens is 1. The van der Waals surface area contributed by atoms with E-state index in [4.69, 9.17) is 21.6 Å². The number of nitrogens with one attached hydrogen (secondary N) is 2. The van der Waals surface area contributed by atoms with Crippen molar-refractivity contribution in [1.82, 2.24) is 24.9 Å². The first kappa shape index (κ1) is 22.2. The number of thiophene rings is 1. The molecule has 184 valence electrons. The quantitative estimate of drug-likeness (QED) is 0.286. The SMILES string of the molecule is O=C(O)[C@H]1C2CCC(CC2)[C@@H]1Nc1cc(-c2ccc(C3CC3)s2)nc(-c2c[nH]c3ncc(Cl)nc23)n1. The summed E-state index contributed by atoms with van der Waals surface area (Å²) in [7, 11) is 0. The first-order chi connectivity index (χ1) is 17.5. The lowest BCUT2D eigenvalue weighted by Gasteiger charge is -2.47. The van der Waals surface area contributed by atoms with E-state index in [1.54, 1.807) is 17.5 Å². The molecule has 4 aromatic rings. The Hall–Kier alpha value is -3.04. The second-order valence-electron chi connectivity index (χ2n) is 10.2. The summed E-state index contributed by atoms with van der Waals surface area (Å²) in [6.45, 7) is 0. The Labute approximate surface area is 216 Å². The van der Waals surface area contributed by atoms with Crippen molar-refractivity contribution in [3.8, 4) is 22.0 Å². The standard InChI is InChI=1S/C26H25ClN6O2S/c27-19-11-29-25-23(31-19)15(10-28-25)24-30-16(18-8-7-17(36-18)12-1-2-12)9-20(33-24)32-22-14-5-3-13(4-6-14)21(22)26(34)35/h7-14,21-22H,1-6H2,(H,28,29)(H,34,35)(H,30,32,33)/t13?,14?,21-,22-/m0/s1. The second-order valence-corrected chi connectivity index (χ2v) is 11.7. The minimum Gasteiger partial charge on any atom is -0.481 e. The van der Waals surface area contributed by atoms with Crippen LogP contribution in [0.25, 0.3) is 33.1 Å². The largest absolute Gasteiger partial charge is 0.481 e. The van der Waals surface area contributed by atoms with Crippen LogP contribution >= 0.6 is 22.9 Å². The highest BCUT2D eigenvalue weighted by Crippen LogP contribution is 2.47. The molecule has 4 fully saturated rings. The minimum atomic E-state index is -0.717. The van der Waals surface area contributed by atoms with E-state index in [1.165, 1.54) is 23.9 Å². The molecule has 0 aliphatic heterocycles. The molecule has 0 unspecified atom stereocenters. The predicted octanol–water partition coefficient (Wildman–Crippen LogP) is 5.98. The molecule has 2 atom stereocenters. The van der Waals surface area contributed by atoms with Gasteiger partial charge in [-0.2, -0.15) is 0 Å².